The fourth-order valence-corrected chi connectivity index (χ4v) is 0.976. The Labute approximate surface area is 80.6 Å². The van der Waals surface area contributed by atoms with Crippen LogP contribution in [0.25, 0.3) is 0 Å². The maximum atomic E-state index is 5.27. The van der Waals surface area contributed by atoms with Gasteiger partial charge in [-0.1, -0.05) is 12.7 Å². The minimum atomic E-state index is 0.406. The van der Waals surface area contributed by atoms with Crippen molar-refractivity contribution in [3.05, 3.63) is 25.1 Å². The lowest BCUT2D eigenvalue weighted by molar-refractivity contribution is 0.391. The second-order valence-corrected chi connectivity index (χ2v) is 2.98. The summed E-state index contributed by atoms with van der Waals surface area (Å²) in [5.41, 5.74) is 5.27. The van der Waals surface area contributed by atoms with E-state index in [-0.39, 0.29) is 0 Å². The summed E-state index contributed by atoms with van der Waals surface area (Å²) in [6.45, 7) is 7.65. The molecule has 0 aliphatic heterocycles. The van der Waals surface area contributed by atoms with E-state index in [1.54, 1.807) is 12.4 Å². The van der Waals surface area contributed by atoms with Crippen molar-refractivity contribution in [1.82, 2.24) is 4.90 Å². The van der Waals surface area contributed by atoms with Crippen molar-refractivity contribution in [3.63, 3.8) is 0 Å². The van der Waals surface area contributed by atoms with E-state index in [1.807, 2.05) is 20.0 Å². The lowest BCUT2D eigenvalue weighted by atomic mass is 10.2. The molecule has 74 valence electrons. The number of rotatable bonds is 4. The fourth-order valence-electron chi connectivity index (χ4n) is 0.976. The van der Waals surface area contributed by atoms with E-state index in [4.69, 9.17) is 5.73 Å². The van der Waals surface area contributed by atoms with Crippen LogP contribution < -0.4 is 5.73 Å². The molecule has 0 radical (unpaired) electrons. The Morgan fingerprint density at radius 1 is 1.69 bits per heavy atom. The summed E-state index contributed by atoms with van der Waals surface area (Å²) in [7, 11) is 2.01. The second kappa shape index (κ2) is 6.29. The van der Waals surface area contributed by atoms with Crippen LogP contribution in [-0.2, 0) is 0 Å². The van der Waals surface area contributed by atoms with Crippen molar-refractivity contribution in [1.29, 1.82) is 0 Å². The molecule has 0 spiro atoms. The van der Waals surface area contributed by atoms with E-state index in [2.05, 4.69) is 23.4 Å². The standard InChI is InChI=1S/C10H19N3/c1-5-12-10(3)13(4)9(2)7-6-8-11/h5-6,8-9H,1,7,11H2,2-4H3/b8-6-,12-10?. The predicted molar refractivity (Wildman–Crippen MR) is 58.5 cm³/mol. The quantitative estimate of drug-likeness (QED) is 0.530. The Kier molecular flexibility index (Phi) is 5.68. The van der Waals surface area contributed by atoms with Crippen LogP contribution in [0.3, 0.4) is 0 Å². The summed E-state index contributed by atoms with van der Waals surface area (Å²) >= 11 is 0. The molecule has 2 N–H and O–H groups in total. The number of hydrogen-bond donors (Lipinski definition) is 1. The smallest absolute Gasteiger partial charge is 0.101 e. The van der Waals surface area contributed by atoms with Crippen LogP contribution in [0.15, 0.2) is 30.0 Å². The van der Waals surface area contributed by atoms with Gasteiger partial charge in [0.15, 0.2) is 0 Å². The number of nitrogens with zero attached hydrogens (tertiary/aromatic N) is 2. The first kappa shape index (κ1) is 11.8. The predicted octanol–water partition coefficient (Wildman–Crippen LogP) is 1.73. The van der Waals surface area contributed by atoms with Crippen LogP contribution in [0, 0.1) is 0 Å². The van der Waals surface area contributed by atoms with Crippen molar-refractivity contribution in [2.75, 3.05) is 7.05 Å². The SMILES string of the molecule is C=CN=C(C)N(C)C(C)C/C=C\N. The molecule has 3 nitrogen and oxygen atoms in total. The van der Waals surface area contributed by atoms with Gasteiger partial charge in [0.2, 0.25) is 0 Å². The minimum absolute atomic E-state index is 0.406. The van der Waals surface area contributed by atoms with Gasteiger partial charge in [-0.05, 0) is 26.5 Å². The summed E-state index contributed by atoms with van der Waals surface area (Å²) in [6, 6.07) is 0.406. The third-order valence-corrected chi connectivity index (χ3v) is 2.06. The van der Waals surface area contributed by atoms with Gasteiger partial charge in [-0.15, -0.1) is 0 Å². The lowest BCUT2D eigenvalue weighted by Gasteiger charge is -2.25. The highest BCUT2D eigenvalue weighted by Crippen LogP contribution is 2.02. The largest absolute Gasteiger partial charge is 0.405 e. The van der Waals surface area contributed by atoms with E-state index in [9.17, 15) is 0 Å². The Morgan fingerprint density at radius 2 is 2.31 bits per heavy atom. The van der Waals surface area contributed by atoms with Crippen molar-refractivity contribution < 1.29 is 0 Å². The molecule has 0 amide bonds. The molecule has 0 saturated carbocycles. The third kappa shape index (κ3) is 4.35. The molecule has 0 aromatic carbocycles. The maximum absolute atomic E-state index is 5.27. The third-order valence-electron chi connectivity index (χ3n) is 2.06. The summed E-state index contributed by atoms with van der Waals surface area (Å²) < 4.78 is 0. The molecule has 0 aliphatic carbocycles. The van der Waals surface area contributed by atoms with Gasteiger partial charge in [0.05, 0.1) is 0 Å². The van der Waals surface area contributed by atoms with Gasteiger partial charge in [0.1, 0.15) is 5.84 Å². The van der Waals surface area contributed by atoms with Gasteiger partial charge >= 0.3 is 0 Å². The molecule has 0 aromatic rings. The highest BCUT2D eigenvalue weighted by molar-refractivity contribution is 5.80. The Bertz CT molecular complexity index is 206. The average Bonchev–Trinajstić information content (AvgIpc) is 2.13. The van der Waals surface area contributed by atoms with E-state index >= 15 is 0 Å². The fraction of sp³-hybridized carbons (Fsp3) is 0.500. The van der Waals surface area contributed by atoms with Crippen LogP contribution in [0.1, 0.15) is 20.3 Å². The monoisotopic (exact) mass is 181 g/mol. The molecule has 0 aromatic heterocycles. The van der Waals surface area contributed by atoms with Crippen LogP contribution >= 0.6 is 0 Å². The summed E-state index contributed by atoms with van der Waals surface area (Å²) in [5.74, 6) is 0.966. The molecule has 0 rings (SSSR count). The summed E-state index contributed by atoms with van der Waals surface area (Å²) in [6.07, 6.45) is 6.00. The molecule has 0 saturated heterocycles. The molecular weight excluding hydrogens is 162 g/mol. The molecular formula is C10H19N3. The van der Waals surface area contributed by atoms with Gasteiger partial charge < -0.3 is 10.6 Å². The number of amidine groups is 1. The Morgan fingerprint density at radius 3 is 2.77 bits per heavy atom. The van der Waals surface area contributed by atoms with E-state index in [0.29, 0.717) is 6.04 Å². The van der Waals surface area contributed by atoms with E-state index in [0.717, 1.165) is 12.3 Å². The van der Waals surface area contributed by atoms with Crippen LogP contribution in [-0.4, -0.2) is 23.8 Å². The van der Waals surface area contributed by atoms with Gasteiger partial charge in [0, 0.05) is 19.3 Å². The summed E-state index contributed by atoms with van der Waals surface area (Å²) in [5, 5.41) is 0. The van der Waals surface area contributed by atoms with Gasteiger partial charge in [-0.3, -0.25) is 0 Å². The lowest BCUT2D eigenvalue weighted by Crippen LogP contribution is -2.32. The van der Waals surface area contributed by atoms with Gasteiger partial charge in [0.25, 0.3) is 0 Å². The molecule has 0 heterocycles. The first-order valence-corrected chi connectivity index (χ1v) is 4.38. The zero-order valence-corrected chi connectivity index (χ0v) is 8.70. The highest BCUT2D eigenvalue weighted by atomic mass is 15.2. The summed E-state index contributed by atoms with van der Waals surface area (Å²) in [4.78, 5) is 6.20. The number of hydrogen-bond acceptors (Lipinski definition) is 2. The molecule has 13 heavy (non-hydrogen) atoms. The van der Waals surface area contributed by atoms with E-state index in [1.165, 1.54) is 0 Å². The number of nitrogens with two attached hydrogens (primary N) is 1. The van der Waals surface area contributed by atoms with Crippen LogP contribution in [0.5, 0.6) is 0 Å². The van der Waals surface area contributed by atoms with Crippen molar-refractivity contribution in [3.8, 4) is 0 Å². The second-order valence-electron chi connectivity index (χ2n) is 2.98. The highest BCUT2D eigenvalue weighted by Gasteiger charge is 2.07. The van der Waals surface area contributed by atoms with Crippen LogP contribution in [0.2, 0.25) is 0 Å². The van der Waals surface area contributed by atoms with Crippen molar-refractivity contribution >= 4 is 5.84 Å². The minimum Gasteiger partial charge on any atom is -0.405 e. The average molecular weight is 181 g/mol. The molecule has 0 aliphatic rings. The first-order chi connectivity index (χ1) is 6.13. The Hall–Kier alpha value is -1.25. The molecule has 3 heteroatoms. The molecule has 0 bridgehead atoms. The molecule has 1 unspecified atom stereocenters. The topological polar surface area (TPSA) is 41.6 Å². The van der Waals surface area contributed by atoms with Gasteiger partial charge in [-0.25, -0.2) is 4.99 Å². The molecule has 1 atom stereocenters. The molecule has 0 fully saturated rings. The zero-order valence-electron chi connectivity index (χ0n) is 8.70. The van der Waals surface area contributed by atoms with Gasteiger partial charge in [-0.2, -0.15) is 0 Å². The normalized spacial score (nSPS) is 14.5. The van der Waals surface area contributed by atoms with Crippen molar-refractivity contribution in [2.45, 2.75) is 26.3 Å². The van der Waals surface area contributed by atoms with E-state index < -0.39 is 0 Å². The zero-order chi connectivity index (χ0) is 10.3. The number of aliphatic imine (C=N–C) groups is 1. The first-order valence-electron chi connectivity index (χ1n) is 4.38. The van der Waals surface area contributed by atoms with Crippen LogP contribution in [0.4, 0.5) is 0 Å². The Balaban J connectivity index is 4.15. The maximum Gasteiger partial charge on any atom is 0.101 e. The van der Waals surface area contributed by atoms with Crippen molar-refractivity contribution in [2.24, 2.45) is 10.7 Å².